The van der Waals surface area contributed by atoms with E-state index >= 15 is 0 Å². The van der Waals surface area contributed by atoms with Crippen molar-refractivity contribution in [2.24, 2.45) is 0 Å². The van der Waals surface area contributed by atoms with Crippen molar-refractivity contribution in [1.82, 2.24) is 9.97 Å². The average molecular weight is 225 g/mol. The van der Waals surface area contributed by atoms with Crippen molar-refractivity contribution in [3.8, 4) is 11.3 Å². The molecule has 6 heteroatoms. The number of halogens is 3. The molecule has 1 aromatic carbocycles. The van der Waals surface area contributed by atoms with Crippen molar-refractivity contribution >= 4 is 5.95 Å². The quantitative estimate of drug-likeness (QED) is 0.630. The third kappa shape index (κ3) is 1.81. The lowest BCUT2D eigenvalue weighted by Crippen LogP contribution is -2.02. The van der Waals surface area contributed by atoms with E-state index in [9.17, 15) is 13.3 Å². The standard InChI is InChI=1S/C10H6F3N3/c11-7-8(6-4-2-1-3-5-6)14-10(16-13)15-9(7)12/h1-5H,(H,14,15,16). The van der Waals surface area contributed by atoms with Gasteiger partial charge in [0.25, 0.3) is 11.9 Å². The van der Waals surface area contributed by atoms with Gasteiger partial charge in [-0.25, -0.2) is 4.98 Å². The van der Waals surface area contributed by atoms with Gasteiger partial charge in [-0.1, -0.05) is 30.3 Å². The molecule has 0 amide bonds. The molecule has 0 aliphatic heterocycles. The van der Waals surface area contributed by atoms with Crippen LogP contribution in [0.3, 0.4) is 0 Å². The Morgan fingerprint density at radius 2 is 1.69 bits per heavy atom. The molecule has 0 bridgehead atoms. The van der Waals surface area contributed by atoms with Crippen LogP contribution in [-0.4, -0.2) is 9.97 Å². The number of benzene rings is 1. The number of aromatic nitrogens is 2. The van der Waals surface area contributed by atoms with E-state index in [4.69, 9.17) is 0 Å². The summed E-state index contributed by atoms with van der Waals surface area (Å²) < 4.78 is 38.4. The van der Waals surface area contributed by atoms with Crippen molar-refractivity contribution in [1.29, 1.82) is 0 Å². The lowest BCUT2D eigenvalue weighted by molar-refractivity contribution is 0.473. The van der Waals surface area contributed by atoms with Crippen molar-refractivity contribution in [3.05, 3.63) is 42.1 Å². The minimum atomic E-state index is -1.39. The molecule has 0 saturated carbocycles. The van der Waals surface area contributed by atoms with E-state index in [0.29, 0.717) is 5.56 Å². The van der Waals surface area contributed by atoms with Gasteiger partial charge in [-0.2, -0.15) is 19.3 Å². The fourth-order valence-corrected chi connectivity index (χ4v) is 1.25. The predicted molar refractivity (Wildman–Crippen MR) is 52.1 cm³/mol. The van der Waals surface area contributed by atoms with E-state index in [1.165, 1.54) is 12.1 Å². The van der Waals surface area contributed by atoms with Gasteiger partial charge in [0.1, 0.15) is 5.69 Å². The van der Waals surface area contributed by atoms with E-state index in [1.54, 1.807) is 18.2 Å². The van der Waals surface area contributed by atoms with Crippen LogP contribution in [0.15, 0.2) is 30.3 Å². The van der Waals surface area contributed by atoms with Crippen LogP contribution in [0.1, 0.15) is 0 Å². The highest BCUT2D eigenvalue weighted by molar-refractivity contribution is 5.60. The van der Waals surface area contributed by atoms with Gasteiger partial charge in [0.15, 0.2) is 0 Å². The first-order valence-electron chi connectivity index (χ1n) is 4.37. The van der Waals surface area contributed by atoms with Crippen molar-refractivity contribution in [3.63, 3.8) is 0 Å². The molecule has 0 radical (unpaired) electrons. The van der Waals surface area contributed by atoms with Crippen molar-refractivity contribution in [2.45, 2.75) is 0 Å². The summed E-state index contributed by atoms with van der Waals surface area (Å²) in [6, 6.07) is 8.06. The molecule has 0 unspecified atom stereocenters. The minimum Gasteiger partial charge on any atom is -0.208 e. The Kier molecular flexibility index (Phi) is 2.72. The number of rotatable bonds is 2. The number of anilines is 1. The molecule has 0 spiro atoms. The van der Waals surface area contributed by atoms with Crippen molar-refractivity contribution < 1.29 is 13.3 Å². The van der Waals surface area contributed by atoms with Crippen molar-refractivity contribution in [2.75, 3.05) is 5.54 Å². The van der Waals surface area contributed by atoms with E-state index < -0.39 is 17.7 Å². The third-order valence-electron chi connectivity index (χ3n) is 1.94. The normalized spacial score (nSPS) is 10.2. The first-order chi connectivity index (χ1) is 7.72. The van der Waals surface area contributed by atoms with E-state index in [1.807, 2.05) is 0 Å². The molecule has 0 aliphatic rings. The third-order valence-corrected chi connectivity index (χ3v) is 1.94. The lowest BCUT2D eigenvalue weighted by Gasteiger charge is -2.04. The molecule has 1 heterocycles. The molecular formula is C10H6F3N3. The Labute approximate surface area is 88.9 Å². The van der Waals surface area contributed by atoms with Crippen LogP contribution in [0.2, 0.25) is 0 Å². The highest BCUT2D eigenvalue weighted by Gasteiger charge is 2.15. The Morgan fingerprint density at radius 1 is 1.00 bits per heavy atom. The zero-order chi connectivity index (χ0) is 11.5. The molecule has 0 atom stereocenters. The van der Waals surface area contributed by atoms with Gasteiger partial charge in [-0.3, -0.25) is 0 Å². The molecular weight excluding hydrogens is 219 g/mol. The van der Waals surface area contributed by atoms with E-state index in [-0.39, 0.29) is 5.69 Å². The zero-order valence-electron chi connectivity index (χ0n) is 7.92. The minimum absolute atomic E-state index is 0.284. The van der Waals surface area contributed by atoms with Gasteiger partial charge < -0.3 is 0 Å². The van der Waals surface area contributed by atoms with Crippen LogP contribution in [0.25, 0.3) is 11.3 Å². The second kappa shape index (κ2) is 4.18. The van der Waals surface area contributed by atoms with Gasteiger partial charge in [0.2, 0.25) is 5.82 Å². The van der Waals surface area contributed by atoms with Crippen LogP contribution in [0.5, 0.6) is 0 Å². The van der Waals surface area contributed by atoms with Gasteiger partial charge >= 0.3 is 0 Å². The fourth-order valence-electron chi connectivity index (χ4n) is 1.25. The molecule has 82 valence electrons. The summed E-state index contributed by atoms with van der Waals surface area (Å²) in [6.07, 6.45) is 0. The summed E-state index contributed by atoms with van der Waals surface area (Å²) in [5.74, 6) is -3.21. The summed E-state index contributed by atoms with van der Waals surface area (Å²) in [5.41, 5.74) is 1.14. The van der Waals surface area contributed by atoms with Gasteiger partial charge in [0.05, 0.1) is 0 Å². The second-order valence-corrected chi connectivity index (χ2v) is 2.96. The van der Waals surface area contributed by atoms with E-state index in [2.05, 4.69) is 9.97 Å². The zero-order valence-corrected chi connectivity index (χ0v) is 7.92. The first kappa shape index (κ1) is 10.4. The summed E-state index contributed by atoms with van der Waals surface area (Å²) in [7, 11) is 0. The molecule has 1 N–H and O–H groups in total. The predicted octanol–water partition coefficient (Wildman–Crippen LogP) is 2.72. The summed E-state index contributed by atoms with van der Waals surface area (Å²) in [6.45, 7) is 0. The van der Waals surface area contributed by atoms with Crippen LogP contribution in [-0.2, 0) is 0 Å². The summed E-state index contributed by atoms with van der Waals surface area (Å²) in [5, 5.41) is 0. The van der Waals surface area contributed by atoms with Crippen LogP contribution >= 0.6 is 0 Å². The Hall–Kier alpha value is -2.11. The lowest BCUT2D eigenvalue weighted by atomic mass is 10.1. The van der Waals surface area contributed by atoms with Crippen LogP contribution in [0.4, 0.5) is 19.2 Å². The maximum atomic E-state index is 13.4. The molecule has 2 rings (SSSR count). The maximum absolute atomic E-state index is 13.4. The number of nitrogens with one attached hydrogen (secondary N) is 1. The molecule has 2 aromatic rings. The van der Waals surface area contributed by atoms with Gasteiger partial charge in [0, 0.05) is 5.56 Å². The molecule has 0 aliphatic carbocycles. The number of nitrogens with zero attached hydrogens (tertiary/aromatic N) is 2. The number of hydrogen-bond donors (Lipinski definition) is 1. The summed E-state index contributed by atoms with van der Waals surface area (Å²) >= 11 is 0. The SMILES string of the molecule is FNc1nc(F)c(F)c(-c2ccccc2)n1. The van der Waals surface area contributed by atoms with E-state index in [0.717, 1.165) is 5.54 Å². The van der Waals surface area contributed by atoms with Crippen LogP contribution < -0.4 is 5.54 Å². The Morgan fingerprint density at radius 3 is 2.31 bits per heavy atom. The van der Waals surface area contributed by atoms with Gasteiger partial charge in [-0.05, 0) is 0 Å². The average Bonchev–Trinajstić information content (AvgIpc) is 2.33. The molecule has 16 heavy (non-hydrogen) atoms. The van der Waals surface area contributed by atoms with Gasteiger partial charge in [-0.15, -0.1) is 4.48 Å². The second-order valence-electron chi connectivity index (χ2n) is 2.96. The molecule has 1 aromatic heterocycles. The highest BCUT2D eigenvalue weighted by atomic mass is 19.2. The number of hydrogen-bond acceptors (Lipinski definition) is 3. The topological polar surface area (TPSA) is 37.8 Å². The maximum Gasteiger partial charge on any atom is 0.254 e. The summed E-state index contributed by atoms with van der Waals surface area (Å²) in [4.78, 5) is 6.45. The van der Waals surface area contributed by atoms with Crippen LogP contribution in [0, 0.1) is 11.8 Å². The smallest absolute Gasteiger partial charge is 0.208 e. The fraction of sp³-hybridized carbons (Fsp3) is 0. The Balaban J connectivity index is 2.60. The molecule has 0 fully saturated rings. The first-order valence-corrected chi connectivity index (χ1v) is 4.37. The highest BCUT2D eigenvalue weighted by Crippen LogP contribution is 2.22. The molecule has 0 saturated heterocycles. The monoisotopic (exact) mass is 225 g/mol. The molecule has 3 nitrogen and oxygen atoms in total. The Bertz CT molecular complexity index is 502. The largest absolute Gasteiger partial charge is 0.254 e.